The summed E-state index contributed by atoms with van der Waals surface area (Å²) in [6.45, 7) is 8.54. The Morgan fingerprint density at radius 1 is 0.911 bits per heavy atom. The Morgan fingerprint density at radius 2 is 1.56 bits per heavy atom. The number of halogens is 2. The number of ether oxygens (including phenoxy) is 1. The highest BCUT2D eigenvalue weighted by Gasteiger charge is 2.26. The van der Waals surface area contributed by atoms with Gasteiger partial charge in [0, 0.05) is 44.8 Å². The van der Waals surface area contributed by atoms with Gasteiger partial charge >= 0.3 is 5.97 Å². The van der Waals surface area contributed by atoms with Crippen molar-refractivity contribution in [1.29, 1.82) is 0 Å². The summed E-state index contributed by atoms with van der Waals surface area (Å²) in [5.41, 5.74) is 2.48. The topological polar surface area (TPSA) is 111 Å². The molecule has 0 spiro atoms. The molecule has 0 bridgehead atoms. The first kappa shape index (κ1) is 34.2. The summed E-state index contributed by atoms with van der Waals surface area (Å²) in [4.78, 5) is 44.1. The Labute approximate surface area is 274 Å². The van der Waals surface area contributed by atoms with Gasteiger partial charge in [0.05, 0.1) is 21.2 Å². The number of nitrogens with one attached hydrogen (secondary N) is 2. The number of amides is 2. The minimum Gasteiger partial charge on any atom is -0.507 e. The third-order valence-electron chi connectivity index (χ3n) is 8.12. The molecular weight excluding hydrogens is 615 g/mol. The molecule has 1 saturated heterocycles. The molecule has 3 aromatic rings. The Kier molecular flexibility index (Phi) is 12.2. The largest absolute Gasteiger partial charge is 0.507 e. The fourth-order valence-electron chi connectivity index (χ4n) is 5.17. The zero-order valence-corrected chi connectivity index (χ0v) is 27.3. The van der Waals surface area contributed by atoms with E-state index in [1.807, 2.05) is 12.1 Å². The number of hydrogen-bond acceptors (Lipinski definition) is 7. The van der Waals surface area contributed by atoms with E-state index in [-0.39, 0.29) is 41.2 Å². The molecule has 0 aromatic heterocycles. The predicted octanol–water partition coefficient (Wildman–Crippen LogP) is 5.60. The molecule has 2 unspecified atom stereocenters. The summed E-state index contributed by atoms with van der Waals surface area (Å²) in [7, 11) is 2.07. The molecule has 1 aliphatic rings. The second-order valence-corrected chi connectivity index (χ2v) is 12.2. The van der Waals surface area contributed by atoms with Gasteiger partial charge in [-0.3, -0.25) is 14.5 Å². The number of phenolic OH excluding ortho intramolecular Hbond substituents is 1. The van der Waals surface area contributed by atoms with Crippen LogP contribution in [0.4, 0.5) is 5.69 Å². The highest BCUT2D eigenvalue weighted by atomic mass is 35.5. The number of aromatic hydroxyl groups is 1. The Hall–Kier alpha value is -3.63. The van der Waals surface area contributed by atoms with Gasteiger partial charge in [0.2, 0.25) is 0 Å². The van der Waals surface area contributed by atoms with Crippen molar-refractivity contribution in [3.63, 3.8) is 0 Å². The minimum absolute atomic E-state index is 0.0600. The Balaban J connectivity index is 1.46. The number of nitrogens with zero attached hydrogens (tertiary/aromatic N) is 2. The maximum atomic E-state index is 13.3. The molecule has 0 aliphatic carbocycles. The molecule has 2 amide bonds. The van der Waals surface area contributed by atoms with Gasteiger partial charge in [-0.1, -0.05) is 67.4 Å². The zero-order chi connectivity index (χ0) is 32.5. The molecule has 240 valence electrons. The molecule has 3 N–H and O–H groups in total. The van der Waals surface area contributed by atoms with Crippen molar-refractivity contribution in [3.05, 3.63) is 93.0 Å². The highest BCUT2D eigenvalue weighted by molar-refractivity contribution is 6.35. The van der Waals surface area contributed by atoms with Crippen molar-refractivity contribution in [3.8, 4) is 5.75 Å². The van der Waals surface area contributed by atoms with Crippen LogP contribution in [-0.2, 0) is 16.0 Å². The van der Waals surface area contributed by atoms with Gasteiger partial charge in [0.25, 0.3) is 11.8 Å². The number of phenols is 1. The number of likely N-dealkylation sites (N-methyl/N-ethyl adjacent to an activating group) is 1. The van der Waals surface area contributed by atoms with E-state index in [2.05, 4.69) is 41.3 Å². The van der Waals surface area contributed by atoms with E-state index < -0.39 is 17.9 Å². The fraction of sp³-hybridized carbons (Fsp3) is 0.382. The average Bonchev–Trinajstić information content (AvgIpc) is 3.01. The summed E-state index contributed by atoms with van der Waals surface area (Å²) in [6, 6.07) is 15.8. The van der Waals surface area contributed by atoms with Crippen molar-refractivity contribution in [2.75, 3.05) is 51.7 Å². The lowest BCUT2D eigenvalue weighted by molar-refractivity contribution is -0.146. The van der Waals surface area contributed by atoms with E-state index in [0.29, 0.717) is 22.8 Å². The van der Waals surface area contributed by atoms with Crippen LogP contribution in [0.15, 0.2) is 60.7 Å². The molecule has 9 nitrogen and oxygen atoms in total. The molecule has 1 heterocycles. The van der Waals surface area contributed by atoms with Crippen LogP contribution >= 0.6 is 23.2 Å². The third-order valence-corrected chi connectivity index (χ3v) is 8.75. The lowest BCUT2D eigenvalue weighted by Gasteiger charge is -2.32. The number of rotatable bonds is 12. The van der Waals surface area contributed by atoms with Crippen molar-refractivity contribution in [1.82, 2.24) is 15.1 Å². The normalized spacial score (nSPS) is 15.2. The molecule has 11 heteroatoms. The Morgan fingerprint density at radius 3 is 2.20 bits per heavy atom. The summed E-state index contributed by atoms with van der Waals surface area (Å²) in [5, 5.41) is 16.3. The number of anilines is 1. The Bertz CT molecular complexity index is 1470. The van der Waals surface area contributed by atoms with Crippen molar-refractivity contribution in [2.24, 2.45) is 0 Å². The van der Waals surface area contributed by atoms with Gasteiger partial charge in [-0.05, 0) is 60.8 Å². The van der Waals surface area contributed by atoms with Crippen LogP contribution < -0.4 is 10.6 Å². The van der Waals surface area contributed by atoms with E-state index in [0.717, 1.165) is 43.7 Å². The molecule has 0 radical (unpaired) electrons. The van der Waals surface area contributed by atoms with Gasteiger partial charge in [0.1, 0.15) is 18.4 Å². The van der Waals surface area contributed by atoms with Gasteiger partial charge < -0.3 is 25.4 Å². The molecule has 0 saturated carbocycles. The van der Waals surface area contributed by atoms with Crippen LogP contribution in [0.25, 0.3) is 0 Å². The zero-order valence-electron chi connectivity index (χ0n) is 25.8. The van der Waals surface area contributed by atoms with Crippen LogP contribution in [0.1, 0.15) is 58.0 Å². The number of benzene rings is 3. The molecule has 1 fully saturated rings. The summed E-state index contributed by atoms with van der Waals surface area (Å²) in [6.07, 6.45) is 0.975. The minimum atomic E-state index is -1.05. The van der Waals surface area contributed by atoms with E-state index in [4.69, 9.17) is 27.9 Å². The van der Waals surface area contributed by atoms with E-state index >= 15 is 0 Å². The molecule has 45 heavy (non-hydrogen) atoms. The lowest BCUT2D eigenvalue weighted by atomic mass is 9.93. The second kappa shape index (κ2) is 16.1. The van der Waals surface area contributed by atoms with Crippen molar-refractivity contribution >= 4 is 46.7 Å². The van der Waals surface area contributed by atoms with Crippen LogP contribution in [0.3, 0.4) is 0 Å². The predicted molar refractivity (Wildman–Crippen MR) is 178 cm³/mol. The molecule has 4 rings (SSSR count). The number of piperazine rings is 1. The standard InChI is InChI=1S/C34H40Cl2N4O5/c1-4-22(2)25-7-5-8-26(35)30(25)32(42)37-24-13-11-23(12-14-24)21-28(38-33(43)31-27(36)9-6-10-29(31)41)34(44)45-20-19-40-17-15-39(3)16-18-40/h5-14,22,28,41H,4,15-21H2,1-3H3,(H,37,42)(H,38,43). The van der Waals surface area contributed by atoms with Gasteiger partial charge in [-0.15, -0.1) is 0 Å². The van der Waals surface area contributed by atoms with Crippen LogP contribution in [0, 0.1) is 0 Å². The molecule has 1 aliphatic heterocycles. The maximum Gasteiger partial charge on any atom is 0.329 e. The molecule has 3 aromatic carbocycles. The van der Waals surface area contributed by atoms with Crippen LogP contribution in [0.5, 0.6) is 5.75 Å². The molecule has 2 atom stereocenters. The summed E-state index contributed by atoms with van der Waals surface area (Å²) >= 11 is 12.6. The first-order valence-corrected chi connectivity index (χ1v) is 15.9. The fourth-order valence-corrected chi connectivity index (χ4v) is 5.70. The van der Waals surface area contributed by atoms with Gasteiger partial charge in [-0.25, -0.2) is 4.79 Å². The average molecular weight is 656 g/mol. The quantitative estimate of drug-likeness (QED) is 0.218. The van der Waals surface area contributed by atoms with Gasteiger partial charge in [0.15, 0.2) is 0 Å². The highest BCUT2D eigenvalue weighted by Crippen LogP contribution is 2.29. The summed E-state index contributed by atoms with van der Waals surface area (Å²) in [5.74, 6) is -1.74. The van der Waals surface area contributed by atoms with Crippen LogP contribution in [-0.4, -0.2) is 85.1 Å². The lowest BCUT2D eigenvalue weighted by Crippen LogP contribution is -2.47. The van der Waals surface area contributed by atoms with Gasteiger partial charge in [-0.2, -0.15) is 0 Å². The van der Waals surface area contributed by atoms with Crippen molar-refractivity contribution < 1.29 is 24.2 Å². The smallest absolute Gasteiger partial charge is 0.329 e. The van der Waals surface area contributed by atoms with E-state index in [1.165, 1.54) is 18.2 Å². The third kappa shape index (κ3) is 9.20. The van der Waals surface area contributed by atoms with E-state index in [1.54, 1.807) is 30.3 Å². The SMILES string of the molecule is CCC(C)c1cccc(Cl)c1C(=O)Nc1ccc(CC(NC(=O)c2c(O)cccc2Cl)C(=O)OCCN2CCN(C)CC2)cc1. The summed E-state index contributed by atoms with van der Waals surface area (Å²) < 4.78 is 5.61. The van der Waals surface area contributed by atoms with Crippen molar-refractivity contribution in [2.45, 2.75) is 38.6 Å². The molecular formula is C34H40Cl2N4O5. The number of hydrogen-bond donors (Lipinski definition) is 3. The van der Waals surface area contributed by atoms with E-state index in [9.17, 15) is 19.5 Å². The first-order chi connectivity index (χ1) is 21.6. The van der Waals surface area contributed by atoms with Crippen LogP contribution in [0.2, 0.25) is 10.0 Å². The monoisotopic (exact) mass is 654 g/mol. The first-order valence-electron chi connectivity index (χ1n) is 15.1. The number of esters is 1. The second-order valence-electron chi connectivity index (χ2n) is 11.3. The number of carbonyl (C=O) groups excluding carboxylic acids is 3. The maximum absolute atomic E-state index is 13.3. The number of carbonyl (C=O) groups is 3.